The summed E-state index contributed by atoms with van der Waals surface area (Å²) in [5, 5.41) is 3.01. The van der Waals surface area contributed by atoms with Gasteiger partial charge in [-0.2, -0.15) is 0 Å². The normalized spacial score (nSPS) is 19.4. The summed E-state index contributed by atoms with van der Waals surface area (Å²) in [5.41, 5.74) is 3.57. The molecule has 1 saturated carbocycles. The van der Waals surface area contributed by atoms with Gasteiger partial charge in [0, 0.05) is 48.3 Å². The number of amides is 2. The van der Waals surface area contributed by atoms with Crippen LogP contribution in [0.1, 0.15) is 63.3 Å². The highest BCUT2D eigenvalue weighted by molar-refractivity contribution is 5.97. The SMILES string of the molecule is CCN(c1ccc(NC(=O)C2CC(=O)N(C3CCCCCC3)C2)cc1)c1nc(C)cc(C)n1. The molecule has 7 heteroatoms. The summed E-state index contributed by atoms with van der Waals surface area (Å²) in [6, 6.07) is 10.0. The molecule has 2 amide bonds. The smallest absolute Gasteiger partial charge is 0.230 e. The number of aryl methyl sites for hydroxylation is 2. The van der Waals surface area contributed by atoms with Crippen LogP contribution in [0.25, 0.3) is 0 Å². The van der Waals surface area contributed by atoms with Crippen molar-refractivity contribution >= 4 is 29.1 Å². The number of hydrogen-bond acceptors (Lipinski definition) is 5. The molecular weight excluding hydrogens is 414 g/mol. The molecule has 0 bridgehead atoms. The Morgan fingerprint density at radius 2 is 1.70 bits per heavy atom. The molecule has 33 heavy (non-hydrogen) atoms. The number of nitrogens with one attached hydrogen (secondary N) is 1. The Morgan fingerprint density at radius 1 is 1.06 bits per heavy atom. The second-order valence-corrected chi connectivity index (χ2v) is 9.32. The zero-order valence-corrected chi connectivity index (χ0v) is 20.0. The fraction of sp³-hybridized carbons (Fsp3) is 0.538. The van der Waals surface area contributed by atoms with E-state index in [1.807, 2.05) is 54.0 Å². The second-order valence-electron chi connectivity index (χ2n) is 9.32. The van der Waals surface area contributed by atoms with E-state index in [2.05, 4.69) is 22.2 Å². The topological polar surface area (TPSA) is 78.4 Å². The Kier molecular flexibility index (Phi) is 7.26. The van der Waals surface area contributed by atoms with Crippen molar-refractivity contribution in [3.63, 3.8) is 0 Å². The van der Waals surface area contributed by atoms with Crippen LogP contribution in [0.4, 0.5) is 17.3 Å². The molecule has 7 nitrogen and oxygen atoms in total. The lowest BCUT2D eigenvalue weighted by atomic mass is 10.1. The molecule has 1 atom stereocenters. The van der Waals surface area contributed by atoms with E-state index in [1.165, 1.54) is 25.7 Å². The highest BCUT2D eigenvalue weighted by Gasteiger charge is 2.37. The molecule has 2 heterocycles. The highest BCUT2D eigenvalue weighted by atomic mass is 16.2. The molecule has 0 radical (unpaired) electrons. The molecule has 1 aliphatic heterocycles. The molecule has 1 aromatic heterocycles. The van der Waals surface area contributed by atoms with Crippen LogP contribution in [-0.4, -0.2) is 45.8 Å². The molecule has 0 spiro atoms. The van der Waals surface area contributed by atoms with Crippen molar-refractivity contribution in [1.82, 2.24) is 14.9 Å². The Balaban J connectivity index is 1.39. The number of benzene rings is 1. The molecule has 1 N–H and O–H groups in total. The second kappa shape index (κ2) is 10.3. The van der Waals surface area contributed by atoms with Gasteiger partial charge >= 0.3 is 0 Å². The van der Waals surface area contributed by atoms with Crippen molar-refractivity contribution in [2.75, 3.05) is 23.3 Å². The highest BCUT2D eigenvalue weighted by Crippen LogP contribution is 2.29. The summed E-state index contributed by atoms with van der Waals surface area (Å²) in [6.45, 7) is 7.27. The van der Waals surface area contributed by atoms with Crippen LogP contribution < -0.4 is 10.2 Å². The van der Waals surface area contributed by atoms with Gasteiger partial charge in [0.05, 0.1) is 5.92 Å². The van der Waals surface area contributed by atoms with Crippen molar-refractivity contribution in [2.45, 2.75) is 71.8 Å². The standard InChI is InChI=1S/C26H35N5O2/c1-4-30(26-27-18(2)15-19(3)28-26)23-13-11-21(12-14-23)29-25(33)20-16-24(32)31(17-20)22-9-7-5-6-8-10-22/h11-15,20,22H,4-10,16-17H2,1-3H3,(H,29,33). The third-order valence-corrected chi connectivity index (χ3v) is 6.77. The van der Waals surface area contributed by atoms with Gasteiger partial charge < -0.3 is 15.1 Å². The third kappa shape index (κ3) is 5.52. The number of hydrogen-bond donors (Lipinski definition) is 1. The van der Waals surface area contributed by atoms with Crippen molar-refractivity contribution in [2.24, 2.45) is 5.92 Å². The Labute approximate surface area is 196 Å². The third-order valence-electron chi connectivity index (χ3n) is 6.77. The lowest BCUT2D eigenvalue weighted by molar-refractivity contribution is -0.130. The summed E-state index contributed by atoms with van der Waals surface area (Å²) in [7, 11) is 0. The van der Waals surface area contributed by atoms with Crippen LogP contribution in [0.15, 0.2) is 30.3 Å². The fourth-order valence-corrected chi connectivity index (χ4v) is 5.07. The summed E-state index contributed by atoms with van der Waals surface area (Å²) in [5.74, 6) is 0.452. The quantitative estimate of drug-likeness (QED) is 0.643. The Morgan fingerprint density at radius 3 is 2.30 bits per heavy atom. The number of carbonyl (C=O) groups excluding carboxylic acids is 2. The van der Waals surface area contributed by atoms with Gasteiger partial charge in [-0.15, -0.1) is 0 Å². The molecular formula is C26H35N5O2. The van der Waals surface area contributed by atoms with E-state index < -0.39 is 0 Å². The molecule has 2 aliphatic rings. The van der Waals surface area contributed by atoms with E-state index in [0.717, 1.165) is 42.1 Å². The van der Waals surface area contributed by atoms with E-state index in [4.69, 9.17) is 0 Å². The molecule has 1 aliphatic carbocycles. The molecule has 2 fully saturated rings. The lowest BCUT2D eigenvalue weighted by Gasteiger charge is -2.27. The average Bonchev–Trinajstić information content (AvgIpc) is 2.99. The zero-order chi connectivity index (χ0) is 23.4. The minimum atomic E-state index is -0.281. The number of rotatable bonds is 6. The van der Waals surface area contributed by atoms with Crippen molar-refractivity contribution < 1.29 is 9.59 Å². The minimum Gasteiger partial charge on any atom is -0.339 e. The minimum absolute atomic E-state index is 0.0720. The van der Waals surface area contributed by atoms with Crippen LogP contribution in [0, 0.1) is 19.8 Å². The van der Waals surface area contributed by atoms with Gasteiger partial charge in [0.25, 0.3) is 0 Å². The number of carbonyl (C=O) groups is 2. The first-order valence-corrected chi connectivity index (χ1v) is 12.2. The maximum Gasteiger partial charge on any atom is 0.230 e. The van der Waals surface area contributed by atoms with Crippen molar-refractivity contribution in [3.8, 4) is 0 Å². The molecule has 176 valence electrons. The van der Waals surface area contributed by atoms with E-state index in [9.17, 15) is 9.59 Å². The summed E-state index contributed by atoms with van der Waals surface area (Å²) < 4.78 is 0. The van der Waals surface area contributed by atoms with Crippen molar-refractivity contribution in [3.05, 3.63) is 41.7 Å². The van der Waals surface area contributed by atoms with Gasteiger partial charge in [-0.05, 0) is 63.9 Å². The summed E-state index contributed by atoms with van der Waals surface area (Å²) in [4.78, 5) is 38.7. The van der Waals surface area contributed by atoms with E-state index >= 15 is 0 Å². The van der Waals surface area contributed by atoms with Gasteiger partial charge in [-0.1, -0.05) is 25.7 Å². The molecule has 1 unspecified atom stereocenters. The van der Waals surface area contributed by atoms with Gasteiger partial charge in [-0.3, -0.25) is 9.59 Å². The van der Waals surface area contributed by atoms with Crippen LogP contribution >= 0.6 is 0 Å². The molecule has 4 rings (SSSR count). The van der Waals surface area contributed by atoms with Gasteiger partial charge in [0.15, 0.2) is 0 Å². The van der Waals surface area contributed by atoms with Gasteiger partial charge in [-0.25, -0.2) is 9.97 Å². The molecule has 1 saturated heterocycles. The van der Waals surface area contributed by atoms with Crippen LogP contribution in [0.2, 0.25) is 0 Å². The predicted octanol–water partition coefficient (Wildman–Crippen LogP) is 4.76. The Bertz CT molecular complexity index is 962. The number of aromatic nitrogens is 2. The zero-order valence-electron chi connectivity index (χ0n) is 20.0. The molecule has 2 aromatic rings. The fourth-order valence-electron chi connectivity index (χ4n) is 5.07. The first-order valence-electron chi connectivity index (χ1n) is 12.2. The summed E-state index contributed by atoms with van der Waals surface area (Å²) >= 11 is 0. The lowest BCUT2D eigenvalue weighted by Crippen LogP contribution is -2.37. The van der Waals surface area contributed by atoms with E-state index in [0.29, 0.717) is 25.0 Å². The monoisotopic (exact) mass is 449 g/mol. The van der Waals surface area contributed by atoms with E-state index in [1.54, 1.807) is 0 Å². The first-order chi connectivity index (χ1) is 15.9. The first kappa shape index (κ1) is 23.2. The Hall–Kier alpha value is -2.96. The maximum atomic E-state index is 12.9. The van der Waals surface area contributed by atoms with Crippen molar-refractivity contribution in [1.29, 1.82) is 0 Å². The predicted molar refractivity (Wildman–Crippen MR) is 131 cm³/mol. The van der Waals surface area contributed by atoms with Gasteiger partial charge in [0.2, 0.25) is 17.8 Å². The number of likely N-dealkylation sites (tertiary alicyclic amines) is 1. The van der Waals surface area contributed by atoms with E-state index in [-0.39, 0.29) is 17.7 Å². The van der Waals surface area contributed by atoms with Crippen LogP contribution in [0.3, 0.4) is 0 Å². The average molecular weight is 450 g/mol. The maximum absolute atomic E-state index is 12.9. The largest absolute Gasteiger partial charge is 0.339 e. The van der Waals surface area contributed by atoms with Gasteiger partial charge in [0.1, 0.15) is 0 Å². The van der Waals surface area contributed by atoms with Crippen LogP contribution in [-0.2, 0) is 9.59 Å². The molecule has 1 aromatic carbocycles. The summed E-state index contributed by atoms with van der Waals surface area (Å²) in [6.07, 6.45) is 7.32. The number of anilines is 3. The van der Waals surface area contributed by atoms with Crippen LogP contribution in [0.5, 0.6) is 0 Å². The number of nitrogens with zero attached hydrogens (tertiary/aromatic N) is 4.